The zero-order valence-electron chi connectivity index (χ0n) is 11.0. The minimum atomic E-state index is 0.342. The lowest BCUT2D eigenvalue weighted by molar-refractivity contribution is 0.575. The molecular weight excluding hydrogens is 281 g/mol. The van der Waals surface area contributed by atoms with Crippen molar-refractivity contribution in [1.29, 1.82) is 0 Å². The summed E-state index contributed by atoms with van der Waals surface area (Å²) in [6, 6.07) is 5.87. The Morgan fingerprint density at radius 3 is 2.79 bits per heavy atom. The van der Waals surface area contributed by atoms with E-state index >= 15 is 0 Å². The van der Waals surface area contributed by atoms with Gasteiger partial charge < -0.3 is 5.32 Å². The first-order valence-corrected chi connectivity index (χ1v) is 7.03. The van der Waals surface area contributed by atoms with Crippen molar-refractivity contribution < 1.29 is 0 Å². The van der Waals surface area contributed by atoms with Crippen molar-refractivity contribution in [3.63, 3.8) is 0 Å². The van der Waals surface area contributed by atoms with E-state index in [1.165, 1.54) is 5.56 Å². The average Bonchev–Trinajstić information content (AvgIpc) is 2.83. The van der Waals surface area contributed by atoms with Crippen molar-refractivity contribution in [2.24, 2.45) is 0 Å². The number of benzene rings is 1. The number of hydrogen-bond acceptors (Lipinski definition) is 2. The van der Waals surface area contributed by atoms with Crippen LogP contribution in [0.1, 0.15) is 30.5 Å². The molecule has 0 aliphatic carbocycles. The molecule has 0 spiro atoms. The van der Waals surface area contributed by atoms with E-state index < -0.39 is 0 Å². The number of nitrogens with one attached hydrogen (secondary N) is 1. The molecule has 0 radical (unpaired) electrons. The van der Waals surface area contributed by atoms with Crippen molar-refractivity contribution in [1.82, 2.24) is 15.1 Å². The van der Waals surface area contributed by atoms with Gasteiger partial charge in [-0.1, -0.05) is 36.2 Å². The van der Waals surface area contributed by atoms with Gasteiger partial charge >= 0.3 is 0 Å². The Morgan fingerprint density at radius 2 is 2.16 bits per heavy atom. The predicted octanol–water partition coefficient (Wildman–Crippen LogP) is 3.91. The Bertz CT molecular complexity index is 547. The predicted molar refractivity (Wildman–Crippen MR) is 79.9 cm³/mol. The second-order valence-electron chi connectivity index (χ2n) is 4.46. The van der Waals surface area contributed by atoms with Gasteiger partial charge in [0.05, 0.1) is 12.7 Å². The van der Waals surface area contributed by atoms with Crippen LogP contribution >= 0.6 is 23.2 Å². The molecule has 0 bridgehead atoms. The van der Waals surface area contributed by atoms with Crippen LogP contribution in [-0.4, -0.2) is 16.8 Å². The van der Waals surface area contributed by atoms with Crippen LogP contribution in [0.2, 0.25) is 10.0 Å². The van der Waals surface area contributed by atoms with E-state index in [2.05, 4.69) is 23.5 Å². The lowest BCUT2D eigenvalue weighted by Crippen LogP contribution is -2.14. The molecule has 19 heavy (non-hydrogen) atoms. The average molecular weight is 298 g/mol. The Balaban J connectivity index is 2.15. The summed E-state index contributed by atoms with van der Waals surface area (Å²) in [5, 5.41) is 8.96. The van der Waals surface area contributed by atoms with Crippen molar-refractivity contribution >= 4 is 23.2 Å². The van der Waals surface area contributed by atoms with Crippen LogP contribution in [0, 0.1) is 0 Å². The molecular formula is C14H17Cl2N3. The summed E-state index contributed by atoms with van der Waals surface area (Å²) >= 11 is 12.1. The summed E-state index contributed by atoms with van der Waals surface area (Å²) in [6.07, 6.45) is 4.98. The molecule has 102 valence electrons. The number of rotatable bonds is 5. The first-order chi connectivity index (χ1) is 9.13. The van der Waals surface area contributed by atoms with Crippen molar-refractivity contribution in [2.45, 2.75) is 25.9 Å². The number of aromatic nitrogens is 2. The molecule has 0 aliphatic heterocycles. The van der Waals surface area contributed by atoms with E-state index in [4.69, 9.17) is 23.2 Å². The Hall–Kier alpha value is -1.03. The van der Waals surface area contributed by atoms with E-state index in [0.717, 1.165) is 12.0 Å². The molecule has 1 atom stereocenters. The minimum Gasteiger partial charge on any atom is -0.313 e. The summed E-state index contributed by atoms with van der Waals surface area (Å²) in [7, 11) is 1.96. The van der Waals surface area contributed by atoms with E-state index in [9.17, 15) is 0 Å². The van der Waals surface area contributed by atoms with Crippen LogP contribution < -0.4 is 5.32 Å². The van der Waals surface area contributed by atoms with Gasteiger partial charge in [0, 0.05) is 27.8 Å². The molecule has 0 saturated carbocycles. The number of halogens is 2. The number of nitrogens with zero attached hydrogens (tertiary/aromatic N) is 2. The zero-order valence-corrected chi connectivity index (χ0v) is 12.5. The molecule has 3 nitrogen and oxygen atoms in total. The van der Waals surface area contributed by atoms with Gasteiger partial charge in [0.25, 0.3) is 0 Å². The van der Waals surface area contributed by atoms with Crippen molar-refractivity contribution in [3.05, 3.63) is 51.8 Å². The van der Waals surface area contributed by atoms with Crippen LogP contribution in [0.3, 0.4) is 0 Å². The molecule has 5 heteroatoms. The lowest BCUT2D eigenvalue weighted by atomic mass is 10.1. The Labute approximate surface area is 123 Å². The Morgan fingerprint density at radius 1 is 1.37 bits per heavy atom. The highest BCUT2D eigenvalue weighted by Gasteiger charge is 2.10. The molecule has 0 amide bonds. The summed E-state index contributed by atoms with van der Waals surface area (Å²) in [5.74, 6) is 0. The van der Waals surface area contributed by atoms with Gasteiger partial charge in [0.2, 0.25) is 0 Å². The fraction of sp³-hybridized carbons (Fsp3) is 0.357. The highest BCUT2D eigenvalue weighted by molar-refractivity contribution is 6.35. The molecule has 1 unspecified atom stereocenters. The van der Waals surface area contributed by atoms with Crippen LogP contribution in [-0.2, 0) is 6.54 Å². The van der Waals surface area contributed by atoms with Gasteiger partial charge in [-0.15, -0.1) is 0 Å². The molecule has 1 heterocycles. The fourth-order valence-corrected chi connectivity index (χ4v) is 2.55. The molecule has 1 aromatic heterocycles. The summed E-state index contributed by atoms with van der Waals surface area (Å²) < 4.78 is 1.89. The summed E-state index contributed by atoms with van der Waals surface area (Å²) in [4.78, 5) is 0. The minimum absolute atomic E-state index is 0.342. The molecule has 0 aliphatic rings. The van der Waals surface area contributed by atoms with Crippen LogP contribution in [0.25, 0.3) is 0 Å². The Kier molecular flexibility index (Phi) is 4.86. The van der Waals surface area contributed by atoms with Gasteiger partial charge in [0.15, 0.2) is 0 Å². The molecule has 0 saturated heterocycles. The van der Waals surface area contributed by atoms with Gasteiger partial charge in [0.1, 0.15) is 0 Å². The second-order valence-corrected chi connectivity index (χ2v) is 5.30. The van der Waals surface area contributed by atoms with Crippen molar-refractivity contribution in [2.75, 3.05) is 7.05 Å². The molecule has 1 aromatic carbocycles. The highest BCUT2D eigenvalue weighted by Crippen LogP contribution is 2.22. The highest BCUT2D eigenvalue weighted by atomic mass is 35.5. The summed E-state index contributed by atoms with van der Waals surface area (Å²) in [5.41, 5.74) is 2.20. The normalized spacial score (nSPS) is 12.6. The molecule has 1 N–H and O–H groups in total. The second kappa shape index (κ2) is 6.42. The maximum atomic E-state index is 6.17. The third kappa shape index (κ3) is 3.50. The third-order valence-electron chi connectivity index (χ3n) is 3.16. The molecule has 2 rings (SSSR count). The van der Waals surface area contributed by atoms with E-state index in [0.29, 0.717) is 22.6 Å². The smallest absolute Gasteiger partial charge is 0.0674 e. The molecule has 0 fully saturated rings. The first-order valence-electron chi connectivity index (χ1n) is 6.27. The van der Waals surface area contributed by atoms with Gasteiger partial charge in [-0.3, -0.25) is 4.68 Å². The van der Waals surface area contributed by atoms with E-state index in [-0.39, 0.29) is 0 Å². The van der Waals surface area contributed by atoms with Gasteiger partial charge in [-0.2, -0.15) is 5.10 Å². The van der Waals surface area contributed by atoms with Gasteiger partial charge in [-0.25, -0.2) is 0 Å². The maximum Gasteiger partial charge on any atom is 0.0674 e. The van der Waals surface area contributed by atoms with Crippen molar-refractivity contribution in [3.8, 4) is 0 Å². The zero-order chi connectivity index (χ0) is 13.8. The van der Waals surface area contributed by atoms with Crippen LogP contribution in [0.15, 0.2) is 30.6 Å². The van der Waals surface area contributed by atoms with Gasteiger partial charge in [-0.05, 0) is 31.2 Å². The maximum absolute atomic E-state index is 6.17. The van der Waals surface area contributed by atoms with Crippen LogP contribution in [0.4, 0.5) is 0 Å². The SMILES string of the molecule is CCC(NC)c1cnn(Cc2ccc(Cl)cc2Cl)c1. The largest absolute Gasteiger partial charge is 0.313 e. The lowest BCUT2D eigenvalue weighted by Gasteiger charge is -2.10. The van der Waals surface area contributed by atoms with Crippen LogP contribution in [0.5, 0.6) is 0 Å². The quantitative estimate of drug-likeness (QED) is 0.907. The molecule has 2 aromatic rings. The standard InChI is InChI=1S/C14H17Cl2N3/c1-3-14(17-2)11-7-18-19(9-11)8-10-4-5-12(15)6-13(10)16/h4-7,9,14,17H,3,8H2,1-2H3. The van der Waals surface area contributed by atoms with E-state index in [1.54, 1.807) is 6.07 Å². The first kappa shape index (κ1) is 14.4. The monoisotopic (exact) mass is 297 g/mol. The third-order valence-corrected chi connectivity index (χ3v) is 3.75. The van der Waals surface area contributed by atoms with E-state index in [1.807, 2.05) is 30.1 Å². The fourth-order valence-electron chi connectivity index (χ4n) is 2.08. The summed E-state index contributed by atoms with van der Waals surface area (Å²) in [6.45, 7) is 2.80. The number of hydrogen-bond donors (Lipinski definition) is 1. The topological polar surface area (TPSA) is 29.9 Å².